The summed E-state index contributed by atoms with van der Waals surface area (Å²) in [5.74, 6) is 5.40. The van der Waals surface area contributed by atoms with Crippen molar-refractivity contribution in [2.24, 2.45) is 5.11 Å². The third-order valence-corrected chi connectivity index (χ3v) is 2.35. The first-order chi connectivity index (χ1) is 9.72. The minimum atomic E-state index is -0.468. The molecule has 1 aromatic carbocycles. The SMILES string of the molecule is [N-]=[N+]=NCC#Cc1cnn(-c2ccccc2[N+](=O)[O-])c1. The normalized spacial score (nSPS) is 9.20. The molecular weight excluding hydrogens is 260 g/mol. The Morgan fingerprint density at radius 3 is 3.05 bits per heavy atom. The van der Waals surface area contributed by atoms with Crippen molar-refractivity contribution < 1.29 is 4.92 Å². The number of benzene rings is 1. The molecule has 2 rings (SSSR count). The second-order valence-corrected chi connectivity index (χ2v) is 3.61. The highest BCUT2D eigenvalue weighted by Crippen LogP contribution is 2.21. The molecule has 1 heterocycles. The molecule has 98 valence electrons. The van der Waals surface area contributed by atoms with Crippen molar-refractivity contribution in [3.63, 3.8) is 0 Å². The molecule has 0 aliphatic heterocycles. The summed E-state index contributed by atoms with van der Waals surface area (Å²) >= 11 is 0. The highest BCUT2D eigenvalue weighted by molar-refractivity contribution is 5.52. The Bertz CT molecular complexity index is 749. The molecule has 20 heavy (non-hydrogen) atoms. The molecule has 0 fully saturated rings. The average molecular weight is 268 g/mol. The van der Waals surface area contributed by atoms with Crippen LogP contribution in [-0.4, -0.2) is 21.2 Å². The van der Waals surface area contributed by atoms with Crippen LogP contribution in [-0.2, 0) is 0 Å². The molecule has 0 aliphatic rings. The van der Waals surface area contributed by atoms with E-state index in [0.717, 1.165) is 0 Å². The van der Waals surface area contributed by atoms with Crippen molar-refractivity contribution in [2.45, 2.75) is 0 Å². The highest BCUT2D eigenvalue weighted by atomic mass is 16.6. The van der Waals surface area contributed by atoms with E-state index in [2.05, 4.69) is 27.0 Å². The van der Waals surface area contributed by atoms with Gasteiger partial charge in [-0.15, -0.1) is 0 Å². The van der Waals surface area contributed by atoms with Crippen molar-refractivity contribution in [3.05, 3.63) is 62.8 Å². The van der Waals surface area contributed by atoms with E-state index in [-0.39, 0.29) is 12.2 Å². The van der Waals surface area contributed by atoms with Gasteiger partial charge in [0.1, 0.15) is 5.69 Å². The van der Waals surface area contributed by atoms with Gasteiger partial charge in [0.2, 0.25) is 0 Å². The van der Waals surface area contributed by atoms with E-state index in [0.29, 0.717) is 11.3 Å². The minimum absolute atomic E-state index is 0.0378. The topological polar surface area (TPSA) is 110 Å². The van der Waals surface area contributed by atoms with Crippen LogP contribution in [0.5, 0.6) is 0 Å². The molecule has 0 N–H and O–H groups in total. The van der Waals surface area contributed by atoms with Crippen LogP contribution >= 0.6 is 0 Å². The van der Waals surface area contributed by atoms with E-state index < -0.39 is 4.92 Å². The van der Waals surface area contributed by atoms with E-state index in [4.69, 9.17) is 5.53 Å². The molecule has 0 atom stereocenters. The second-order valence-electron chi connectivity index (χ2n) is 3.61. The van der Waals surface area contributed by atoms with Gasteiger partial charge in [0.05, 0.1) is 23.2 Å². The number of rotatable bonds is 3. The third-order valence-electron chi connectivity index (χ3n) is 2.35. The van der Waals surface area contributed by atoms with Gasteiger partial charge in [-0.1, -0.05) is 29.1 Å². The van der Waals surface area contributed by atoms with Crippen LogP contribution in [0.4, 0.5) is 5.69 Å². The summed E-state index contributed by atoms with van der Waals surface area (Å²) < 4.78 is 1.38. The number of nitro groups is 1. The van der Waals surface area contributed by atoms with Gasteiger partial charge in [-0.25, -0.2) is 4.68 Å². The smallest absolute Gasteiger partial charge is 0.258 e. The van der Waals surface area contributed by atoms with Crippen LogP contribution in [0.15, 0.2) is 41.8 Å². The minimum Gasteiger partial charge on any atom is -0.258 e. The zero-order chi connectivity index (χ0) is 14.4. The summed E-state index contributed by atoms with van der Waals surface area (Å²) in [5, 5.41) is 18.3. The molecule has 0 unspecified atom stereocenters. The molecule has 0 saturated heterocycles. The first-order valence-corrected chi connectivity index (χ1v) is 5.50. The lowest BCUT2D eigenvalue weighted by molar-refractivity contribution is -0.384. The quantitative estimate of drug-likeness (QED) is 0.213. The van der Waals surface area contributed by atoms with Gasteiger partial charge >= 0.3 is 0 Å². The molecular formula is C12H8N6O2. The first-order valence-electron chi connectivity index (χ1n) is 5.50. The summed E-state index contributed by atoms with van der Waals surface area (Å²) in [6, 6.07) is 6.29. The molecule has 0 amide bonds. The van der Waals surface area contributed by atoms with Crippen LogP contribution < -0.4 is 0 Å². The average Bonchev–Trinajstić information content (AvgIpc) is 2.92. The van der Waals surface area contributed by atoms with E-state index in [1.807, 2.05) is 0 Å². The van der Waals surface area contributed by atoms with E-state index in [1.165, 1.54) is 16.9 Å². The number of nitro benzene ring substituents is 1. The van der Waals surface area contributed by atoms with Crippen molar-refractivity contribution in [1.82, 2.24) is 9.78 Å². The Hall–Kier alpha value is -3.30. The van der Waals surface area contributed by atoms with E-state index >= 15 is 0 Å². The Morgan fingerprint density at radius 1 is 1.50 bits per heavy atom. The number of aromatic nitrogens is 2. The first kappa shape index (κ1) is 13.1. The number of azide groups is 1. The largest absolute Gasteiger partial charge is 0.294 e. The van der Waals surface area contributed by atoms with Crippen molar-refractivity contribution >= 4 is 5.69 Å². The van der Waals surface area contributed by atoms with E-state index in [1.54, 1.807) is 24.4 Å². The molecule has 1 aromatic heterocycles. The lowest BCUT2D eigenvalue weighted by Crippen LogP contribution is -1.99. The van der Waals surface area contributed by atoms with Crippen LogP contribution in [0.3, 0.4) is 0 Å². The summed E-state index contributed by atoms with van der Waals surface area (Å²) in [7, 11) is 0. The van der Waals surface area contributed by atoms with Crippen molar-refractivity contribution in [2.75, 3.05) is 6.54 Å². The zero-order valence-electron chi connectivity index (χ0n) is 10.2. The molecule has 2 aromatic rings. The predicted octanol–water partition coefficient (Wildman–Crippen LogP) is 2.44. The number of hydrogen-bond acceptors (Lipinski definition) is 4. The molecule has 0 radical (unpaired) electrons. The summed E-state index contributed by atoms with van der Waals surface area (Å²) in [4.78, 5) is 13.0. The Labute approximate surface area is 113 Å². The maximum absolute atomic E-state index is 10.9. The number of nitrogens with zero attached hydrogens (tertiary/aromatic N) is 6. The van der Waals surface area contributed by atoms with Crippen LogP contribution in [0, 0.1) is 22.0 Å². The third kappa shape index (κ3) is 2.93. The molecule has 8 heteroatoms. The number of hydrogen-bond donors (Lipinski definition) is 0. The van der Waals surface area contributed by atoms with Gasteiger partial charge in [-0.05, 0) is 11.6 Å². The lowest BCUT2D eigenvalue weighted by atomic mass is 10.2. The standard InChI is InChI=1S/C12H8N6O2/c13-16-14-7-3-4-10-8-15-17(9-10)11-5-1-2-6-12(11)18(19)20/h1-2,5-6,8-9H,7H2. The van der Waals surface area contributed by atoms with Crippen molar-refractivity contribution in [3.8, 4) is 17.5 Å². The Morgan fingerprint density at radius 2 is 2.30 bits per heavy atom. The molecule has 8 nitrogen and oxygen atoms in total. The van der Waals surface area contributed by atoms with Crippen LogP contribution in [0.25, 0.3) is 16.1 Å². The lowest BCUT2D eigenvalue weighted by Gasteiger charge is -2.01. The van der Waals surface area contributed by atoms with Gasteiger partial charge in [0.25, 0.3) is 5.69 Å². The second kappa shape index (κ2) is 6.04. The summed E-state index contributed by atoms with van der Waals surface area (Å²) in [6.45, 7) is 0.0627. The highest BCUT2D eigenvalue weighted by Gasteiger charge is 2.14. The fraction of sp³-hybridized carbons (Fsp3) is 0.0833. The monoisotopic (exact) mass is 268 g/mol. The van der Waals surface area contributed by atoms with Gasteiger partial charge in [0, 0.05) is 17.2 Å². The van der Waals surface area contributed by atoms with Gasteiger partial charge in [-0.2, -0.15) is 5.10 Å². The molecule has 0 spiro atoms. The Kier molecular flexibility index (Phi) is 3.97. The number of para-hydroxylation sites is 2. The molecule has 0 bridgehead atoms. The molecule has 0 aliphatic carbocycles. The summed E-state index contributed by atoms with van der Waals surface area (Å²) in [5.41, 5.74) is 9.01. The fourth-order valence-electron chi connectivity index (χ4n) is 1.54. The van der Waals surface area contributed by atoms with Gasteiger partial charge in [-0.3, -0.25) is 10.1 Å². The van der Waals surface area contributed by atoms with Gasteiger partial charge < -0.3 is 0 Å². The predicted molar refractivity (Wildman–Crippen MR) is 71.1 cm³/mol. The van der Waals surface area contributed by atoms with Crippen LogP contribution in [0.2, 0.25) is 0 Å². The van der Waals surface area contributed by atoms with Gasteiger partial charge in [0.15, 0.2) is 0 Å². The summed E-state index contributed by atoms with van der Waals surface area (Å²) in [6.07, 6.45) is 3.06. The maximum Gasteiger partial charge on any atom is 0.294 e. The van der Waals surface area contributed by atoms with E-state index in [9.17, 15) is 10.1 Å². The fourth-order valence-corrected chi connectivity index (χ4v) is 1.54. The van der Waals surface area contributed by atoms with Crippen LogP contribution in [0.1, 0.15) is 5.56 Å². The zero-order valence-corrected chi connectivity index (χ0v) is 10.2. The maximum atomic E-state index is 10.9. The molecule has 0 saturated carbocycles. The van der Waals surface area contributed by atoms with Crippen molar-refractivity contribution in [1.29, 1.82) is 0 Å². The Balaban J connectivity index is 2.31.